The molecule has 118 valence electrons. The van der Waals surface area contributed by atoms with Crippen LogP contribution >= 0.6 is 11.3 Å². The number of hydrogen-bond acceptors (Lipinski definition) is 3. The standard InChI is InChI=1S/C19H19NO2S/c1-12-16-8-10-23-17(16)7-9-20(12)19(22)18(21)15-6-5-13-3-2-4-14(13)11-15/h5-6,8,10-12H,2-4,7,9H2,1H3/t12-/m0/s1. The van der Waals surface area contributed by atoms with E-state index in [0.717, 1.165) is 25.7 Å². The predicted octanol–water partition coefficient (Wildman–Crippen LogP) is 3.57. The Morgan fingerprint density at radius 2 is 1.96 bits per heavy atom. The lowest BCUT2D eigenvalue weighted by molar-refractivity contribution is -0.128. The average Bonchev–Trinajstić information content (AvgIpc) is 3.22. The minimum atomic E-state index is -0.370. The Morgan fingerprint density at radius 3 is 2.83 bits per heavy atom. The second-order valence-corrected chi connectivity index (χ2v) is 7.39. The van der Waals surface area contributed by atoms with Gasteiger partial charge in [-0.3, -0.25) is 9.59 Å². The molecule has 0 saturated heterocycles. The first kappa shape index (κ1) is 14.6. The zero-order valence-electron chi connectivity index (χ0n) is 13.2. The molecule has 1 aliphatic carbocycles. The van der Waals surface area contributed by atoms with Crippen LogP contribution < -0.4 is 0 Å². The van der Waals surface area contributed by atoms with Gasteiger partial charge in [0.05, 0.1) is 6.04 Å². The van der Waals surface area contributed by atoms with Crippen LogP contribution in [0.3, 0.4) is 0 Å². The molecule has 1 aliphatic heterocycles. The maximum absolute atomic E-state index is 12.7. The van der Waals surface area contributed by atoms with E-state index in [1.807, 2.05) is 25.1 Å². The molecule has 0 spiro atoms. The Hall–Kier alpha value is -1.94. The zero-order chi connectivity index (χ0) is 16.0. The number of thiophene rings is 1. The molecular weight excluding hydrogens is 306 g/mol. The fourth-order valence-electron chi connectivity index (χ4n) is 3.75. The van der Waals surface area contributed by atoms with E-state index in [1.165, 1.54) is 21.6 Å². The molecule has 0 saturated carbocycles. The number of nitrogens with zero attached hydrogens (tertiary/aromatic N) is 1. The maximum atomic E-state index is 12.7. The van der Waals surface area contributed by atoms with E-state index in [9.17, 15) is 9.59 Å². The fourth-order valence-corrected chi connectivity index (χ4v) is 4.72. The van der Waals surface area contributed by atoms with Crippen LogP contribution in [0.25, 0.3) is 0 Å². The first-order valence-corrected chi connectivity index (χ1v) is 9.06. The summed E-state index contributed by atoms with van der Waals surface area (Å²) in [6, 6.07) is 7.81. The molecule has 1 aromatic heterocycles. The molecule has 2 heterocycles. The average molecular weight is 325 g/mol. The number of Topliss-reactive ketones (excluding diaryl/α,β-unsaturated/α-hetero) is 1. The SMILES string of the molecule is C[C@H]1c2ccsc2CCN1C(=O)C(=O)c1ccc2c(c1)CCC2. The molecule has 1 amide bonds. The Labute approximate surface area is 139 Å². The lowest BCUT2D eigenvalue weighted by atomic mass is 9.99. The second-order valence-electron chi connectivity index (χ2n) is 6.39. The summed E-state index contributed by atoms with van der Waals surface area (Å²) in [6.45, 7) is 2.64. The van der Waals surface area contributed by atoms with Crippen LogP contribution in [0, 0.1) is 0 Å². The Balaban J connectivity index is 1.58. The van der Waals surface area contributed by atoms with Gasteiger partial charge in [-0.1, -0.05) is 12.1 Å². The quantitative estimate of drug-likeness (QED) is 0.625. The minimum absolute atomic E-state index is 0.0177. The van der Waals surface area contributed by atoms with Crippen molar-refractivity contribution < 1.29 is 9.59 Å². The Kier molecular flexibility index (Phi) is 3.57. The first-order chi connectivity index (χ1) is 11.1. The summed E-state index contributed by atoms with van der Waals surface area (Å²) in [4.78, 5) is 28.4. The molecule has 3 nitrogen and oxygen atoms in total. The first-order valence-electron chi connectivity index (χ1n) is 8.18. The molecule has 0 N–H and O–H groups in total. The molecular formula is C19H19NO2S. The van der Waals surface area contributed by atoms with E-state index in [0.29, 0.717) is 12.1 Å². The van der Waals surface area contributed by atoms with Crippen LogP contribution in [-0.2, 0) is 24.1 Å². The van der Waals surface area contributed by atoms with Gasteiger partial charge in [0.2, 0.25) is 5.78 Å². The molecule has 2 aliphatic rings. The number of carbonyl (C=O) groups excluding carboxylic acids is 2. The molecule has 0 radical (unpaired) electrons. The molecule has 4 rings (SSSR count). The Morgan fingerprint density at radius 1 is 1.13 bits per heavy atom. The van der Waals surface area contributed by atoms with Gasteiger partial charge >= 0.3 is 0 Å². The molecule has 2 aromatic rings. The summed E-state index contributed by atoms with van der Waals surface area (Å²) in [7, 11) is 0. The van der Waals surface area contributed by atoms with E-state index >= 15 is 0 Å². The van der Waals surface area contributed by atoms with Gasteiger partial charge in [0.15, 0.2) is 0 Å². The number of benzene rings is 1. The van der Waals surface area contributed by atoms with Crippen molar-refractivity contribution in [2.75, 3.05) is 6.54 Å². The molecule has 1 aromatic carbocycles. The highest BCUT2D eigenvalue weighted by Gasteiger charge is 2.32. The summed E-state index contributed by atoms with van der Waals surface area (Å²) in [5, 5.41) is 2.07. The van der Waals surface area contributed by atoms with Gasteiger partial charge in [-0.2, -0.15) is 0 Å². The van der Waals surface area contributed by atoms with Crippen molar-refractivity contribution >= 4 is 23.0 Å². The van der Waals surface area contributed by atoms with Crippen LogP contribution in [0.1, 0.15) is 51.3 Å². The van der Waals surface area contributed by atoms with Crippen molar-refractivity contribution in [2.45, 2.75) is 38.6 Å². The number of amides is 1. The number of ketones is 1. The highest BCUT2D eigenvalue weighted by Crippen LogP contribution is 2.33. The smallest absolute Gasteiger partial charge is 0.295 e. The van der Waals surface area contributed by atoms with Crippen LogP contribution in [0.15, 0.2) is 29.6 Å². The van der Waals surface area contributed by atoms with Crippen molar-refractivity contribution in [2.24, 2.45) is 0 Å². The second kappa shape index (κ2) is 5.60. The topological polar surface area (TPSA) is 37.4 Å². The third kappa shape index (κ3) is 2.41. The molecule has 23 heavy (non-hydrogen) atoms. The van der Waals surface area contributed by atoms with Crippen LogP contribution in [0.2, 0.25) is 0 Å². The van der Waals surface area contributed by atoms with Gasteiger partial charge in [0, 0.05) is 17.0 Å². The summed E-state index contributed by atoms with van der Waals surface area (Å²) in [5.74, 6) is -0.738. The van der Waals surface area contributed by atoms with Gasteiger partial charge in [-0.15, -0.1) is 11.3 Å². The number of aryl methyl sites for hydroxylation is 2. The summed E-state index contributed by atoms with van der Waals surface area (Å²) in [6.07, 6.45) is 4.09. The van der Waals surface area contributed by atoms with Gasteiger partial charge < -0.3 is 4.90 Å². The molecule has 4 heteroatoms. The highest BCUT2D eigenvalue weighted by atomic mass is 32.1. The van der Waals surface area contributed by atoms with Crippen molar-refractivity contribution in [3.05, 3.63) is 56.8 Å². The fraction of sp³-hybridized carbons (Fsp3) is 0.368. The minimum Gasteiger partial charge on any atom is -0.329 e. The van der Waals surface area contributed by atoms with Crippen LogP contribution in [0.5, 0.6) is 0 Å². The maximum Gasteiger partial charge on any atom is 0.295 e. The molecule has 0 fully saturated rings. The lowest BCUT2D eigenvalue weighted by Gasteiger charge is -2.33. The number of carbonyl (C=O) groups is 2. The lowest BCUT2D eigenvalue weighted by Crippen LogP contribution is -2.42. The number of fused-ring (bicyclic) bond motifs is 2. The van der Waals surface area contributed by atoms with Crippen LogP contribution in [0.4, 0.5) is 0 Å². The van der Waals surface area contributed by atoms with Crippen molar-refractivity contribution in [1.82, 2.24) is 4.90 Å². The largest absolute Gasteiger partial charge is 0.329 e. The van der Waals surface area contributed by atoms with E-state index in [4.69, 9.17) is 0 Å². The van der Waals surface area contributed by atoms with Gasteiger partial charge in [-0.25, -0.2) is 0 Å². The highest BCUT2D eigenvalue weighted by molar-refractivity contribution is 7.10. The third-order valence-corrected chi connectivity index (χ3v) is 6.09. The van der Waals surface area contributed by atoms with E-state index in [-0.39, 0.29) is 17.7 Å². The number of hydrogen-bond donors (Lipinski definition) is 0. The summed E-state index contributed by atoms with van der Waals surface area (Å²) in [5.41, 5.74) is 4.29. The third-order valence-electron chi connectivity index (χ3n) is 5.09. The molecule has 0 unspecified atom stereocenters. The zero-order valence-corrected chi connectivity index (χ0v) is 14.0. The van der Waals surface area contributed by atoms with Crippen LogP contribution in [-0.4, -0.2) is 23.1 Å². The van der Waals surface area contributed by atoms with E-state index in [2.05, 4.69) is 11.4 Å². The summed E-state index contributed by atoms with van der Waals surface area (Å²) < 4.78 is 0. The van der Waals surface area contributed by atoms with Gasteiger partial charge in [0.1, 0.15) is 0 Å². The predicted molar refractivity (Wildman–Crippen MR) is 90.9 cm³/mol. The van der Waals surface area contributed by atoms with E-state index < -0.39 is 0 Å². The van der Waals surface area contributed by atoms with Crippen molar-refractivity contribution in [1.29, 1.82) is 0 Å². The van der Waals surface area contributed by atoms with Gasteiger partial charge in [-0.05, 0) is 66.8 Å². The Bertz CT molecular complexity index is 792. The molecule has 1 atom stereocenters. The van der Waals surface area contributed by atoms with Crippen molar-refractivity contribution in [3.8, 4) is 0 Å². The van der Waals surface area contributed by atoms with Crippen molar-refractivity contribution in [3.63, 3.8) is 0 Å². The van der Waals surface area contributed by atoms with Gasteiger partial charge in [0.25, 0.3) is 5.91 Å². The summed E-state index contributed by atoms with van der Waals surface area (Å²) >= 11 is 1.74. The molecule has 0 bridgehead atoms. The monoisotopic (exact) mass is 325 g/mol. The van der Waals surface area contributed by atoms with E-state index in [1.54, 1.807) is 16.2 Å². The number of rotatable bonds is 2. The normalized spacial score (nSPS) is 19.3.